The van der Waals surface area contributed by atoms with E-state index in [1.165, 1.54) is 16.3 Å². The zero-order chi connectivity index (χ0) is 18.3. The van der Waals surface area contributed by atoms with Gasteiger partial charge in [0.05, 0.1) is 0 Å². The van der Waals surface area contributed by atoms with E-state index in [2.05, 4.69) is 41.7 Å². The Morgan fingerprint density at radius 3 is 2.26 bits per heavy atom. The molecule has 0 fully saturated rings. The van der Waals surface area contributed by atoms with E-state index < -0.39 is 5.54 Å². The van der Waals surface area contributed by atoms with Crippen LogP contribution in [0, 0.1) is 0 Å². The number of benzene rings is 4. The summed E-state index contributed by atoms with van der Waals surface area (Å²) < 4.78 is 0. The molecule has 130 valence electrons. The van der Waals surface area contributed by atoms with Crippen LogP contribution in [-0.2, 0) is 12.0 Å². The van der Waals surface area contributed by atoms with Crippen molar-refractivity contribution in [2.45, 2.75) is 12.0 Å². The largest absolute Gasteiger partial charge is 0.368 e. The molecule has 0 aromatic heterocycles. The van der Waals surface area contributed by atoms with E-state index in [-0.39, 0.29) is 5.78 Å². The van der Waals surface area contributed by atoms with Crippen LogP contribution in [0.2, 0.25) is 0 Å². The molecular weight excluding hydrogens is 330 g/mol. The van der Waals surface area contributed by atoms with E-state index in [0.29, 0.717) is 6.42 Å². The number of carbonyl (C=O) groups is 1. The molecule has 1 aliphatic heterocycles. The zero-order valence-corrected chi connectivity index (χ0v) is 14.9. The molecule has 0 aliphatic carbocycles. The molecule has 0 saturated heterocycles. The van der Waals surface area contributed by atoms with Crippen LogP contribution in [0.5, 0.6) is 0 Å². The minimum absolute atomic E-state index is 0.136. The Kier molecular flexibility index (Phi) is 3.58. The van der Waals surface area contributed by atoms with E-state index in [9.17, 15) is 4.79 Å². The van der Waals surface area contributed by atoms with E-state index in [0.717, 1.165) is 16.8 Å². The van der Waals surface area contributed by atoms with E-state index in [1.807, 2.05) is 60.7 Å². The minimum atomic E-state index is -0.783. The molecule has 2 nitrogen and oxygen atoms in total. The minimum Gasteiger partial charge on any atom is -0.368 e. The SMILES string of the molecule is O=C1c2ccccc2NC1(Cc1cccc2ccccc12)c1ccccc1. The van der Waals surface area contributed by atoms with Crippen LogP contribution in [0.15, 0.2) is 97.1 Å². The van der Waals surface area contributed by atoms with Crippen LogP contribution in [0.4, 0.5) is 5.69 Å². The topological polar surface area (TPSA) is 29.1 Å². The summed E-state index contributed by atoms with van der Waals surface area (Å²) in [5.41, 5.74) is 3.06. The number of fused-ring (bicyclic) bond motifs is 2. The molecule has 0 bridgehead atoms. The van der Waals surface area contributed by atoms with Crippen molar-refractivity contribution in [2.24, 2.45) is 0 Å². The summed E-state index contributed by atoms with van der Waals surface area (Å²) in [6.07, 6.45) is 0.603. The molecule has 0 saturated carbocycles. The second-order valence-corrected chi connectivity index (χ2v) is 7.09. The van der Waals surface area contributed by atoms with Gasteiger partial charge in [-0.2, -0.15) is 0 Å². The fourth-order valence-corrected chi connectivity index (χ4v) is 4.19. The summed E-state index contributed by atoms with van der Waals surface area (Å²) in [5, 5.41) is 5.97. The predicted octanol–water partition coefficient (Wildman–Crippen LogP) is 5.59. The quantitative estimate of drug-likeness (QED) is 0.523. The maximum atomic E-state index is 13.6. The highest BCUT2D eigenvalue weighted by atomic mass is 16.1. The summed E-state index contributed by atoms with van der Waals surface area (Å²) in [5.74, 6) is 0.136. The molecule has 0 amide bonds. The standard InChI is InChI=1S/C25H19NO/c27-24-22-15-6-7-16-23(22)26-25(24,20-12-2-1-3-13-20)17-19-11-8-10-18-9-4-5-14-21(18)19/h1-16,26H,17H2. The number of rotatable bonds is 3. The average Bonchev–Trinajstić information content (AvgIpc) is 3.02. The van der Waals surface area contributed by atoms with E-state index in [1.54, 1.807) is 0 Å². The van der Waals surface area contributed by atoms with Crippen molar-refractivity contribution in [1.82, 2.24) is 0 Å². The number of para-hydroxylation sites is 1. The third-order valence-electron chi connectivity index (χ3n) is 5.51. The Balaban J connectivity index is 1.70. The number of anilines is 1. The highest BCUT2D eigenvalue weighted by Gasteiger charge is 2.46. The summed E-state index contributed by atoms with van der Waals surface area (Å²) in [6.45, 7) is 0. The number of carbonyl (C=O) groups excluding carboxylic acids is 1. The van der Waals surface area contributed by atoms with Gasteiger partial charge in [-0.15, -0.1) is 0 Å². The number of Topliss-reactive ketones (excluding diaryl/α,β-unsaturated/α-hetero) is 1. The smallest absolute Gasteiger partial charge is 0.195 e. The van der Waals surface area contributed by atoms with Gasteiger partial charge in [0.15, 0.2) is 5.78 Å². The number of nitrogens with one attached hydrogen (secondary N) is 1. The van der Waals surface area contributed by atoms with Crippen molar-refractivity contribution in [3.05, 3.63) is 114 Å². The first-order valence-corrected chi connectivity index (χ1v) is 9.22. The first kappa shape index (κ1) is 15.8. The molecule has 1 aliphatic rings. The Bertz CT molecular complexity index is 1140. The Morgan fingerprint density at radius 2 is 1.41 bits per heavy atom. The van der Waals surface area contributed by atoms with Gasteiger partial charge in [0.2, 0.25) is 0 Å². The molecule has 1 N–H and O–H groups in total. The molecule has 2 heteroatoms. The fourth-order valence-electron chi connectivity index (χ4n) is 4.19. The molecule has 27 heavy (non-hydrogen) atoms. The third kappa shape index (κ3) is 2.45. The summed E-state index contributed by atoms with van der Waals surface area (Å²) >= 11 is 0. The Labute approximate surface area is 158 Å². The lowest BCUT2D eigenvalue weighted by Crippen LogP contribution is -2.41. The average molecular weight is 349 g/mol. The van der Waals surface area contributed by atoms with Crippen molar-refractivity contribution in [1.29, 1.82) is 0 Å². The van der Waals surface area contributed by atoms with Gasteiger partial charge in [-0.25, -0.2) is 0 Å². The van der Waals surface area contributed by atoms with Crippen LogP contribution in [0.1, 0.15) is 21.5 Å². The maximum Gasteiger partial charge on any atom is 0.195 e. The molecule has 1 unspecified atom stereocenters. The highest BCUT2D eigenvalue weighted by molar-refractivity contribution is 6.14. The number of ketones is 1. The first-order valence-electron chi connectivity index (χ1n) is 9.22. The van der Waals surface area contributed by atoms with Crippen molar-refractivity contribution in [3.8, 4) is 0 Å². The van der Waals surface area contributed by atoms with Crippen LogP contribution in [0.25, 0.3) is 10.8 Å². The number of hydrogen-bond acceptors (Lipinski definition) is 2. The van der Waals surface area contributed by atoms with Crippen molar-refractivity contribution >= 4 is 22.2 Å². The summed E-state index contributed by atoms with van der Waals surface area (Å²) in [6, 6.07) is 32.5. The summed E-state index contributed by atoms with van der Waals surface area (Å²) in [7, 11) is 0. The maximum absolute atomic E-state index is 13.6. The normalized spacial score (nSPS) is 18.3. The predicted molar refractivity (Wildman–Crippen MR) is 110 cm³/mol. The molecule has 0 radical (unpaired) electrons. The fraction of sp³-hybridized carbons (Fsp3) is 0.0800. The van der Waals surface area contributed by atoms with Gasteiger partial charge in [0.25, 0.3) is 0 Å². The van der Waals surface area contributed by atoms with Crippen LogP contribution in [-0.4, -0.2) is 5.78 Å². The molecule has 1 atom stereocenters. The Morgan fingerprint density at radius 1 is 0.704 bits per heavy atom. The van der Waals surface area contributed by atoms with Crippen molar-refractivity contribution in [3.63, 3.8) is 0 Å². The van der Waals surface area contributed by atoms with Crippen LogP contribution < -0.4 is 5.32 Å². The lowest BCUT2D eigenvalue weighted by molar-refractivity contribution is 0.0917. The molecular formula is C25H19NO. The second-order valence-electron chi connectivity index (χ2n) is 7.09. The van der Waals surface area contributed by atoms with Gasteiger partial charge in [-0.05, 0) is 34.0 Å². The van der Waals surface area contributed by atoms with Gasteiger partial charge in [-0.3, -0.25) is 4.79 Å². The zero-order valence-electron chi connectivity index (χ0n) is 14.9. The van der Waals surface area contributed by atoms with Gasteiger partial charge >= 0.3 is 0 Å². The molecule has 4 aromatic rings. The third-order valence-corrected chi connectivity index (χ3v) is 5.51. The molecule has 5 rings (SSSR count). The molecule has 4 aromatic carbocycles. The lowest BCUT2D eigenvalue weighted by atomic mass is 9.79. The monoisotopic (exact) mass is 349 g/mol. The van der Waals surface area contributed by atoms with Gasteiger partial charge in [0, 0.05) is 17.7 Å². The lowest BCUT2D eigenvalue weighted by Gasteiger charge is -2.30. The van der Waals surface area contributed by atoms with E-state index in [4.69, 9.17) is 0 Å². The number of hydrogen-bond donors (Lipinski definition) is 1. The van der Waals surface area contributed by atoms with E-state index >= 15 is 0 Å². The van der Waals surface area contributed by atoms with Gasteiger partial charge in [0.1, 0.15) is 5.54 Å². The molecule has 1 heterocycles. The van der Waals surface area contributed by atoms with Crippen LogP contribution in [0.3, 0.4) is 0 Å². The van der Waals surface area contributed by atoms with Crippen molar-refractivity contribution in [2.75, 3.05) is 5.32 Å². The summed E-state index contributed by atoms with van der Waals surface area (Å²) in [4.78, 5) is 13.6. The molecule has 0 spiro atoms. The van der Waals surface area contributed by atoms with Gasteiger partial charge < -0.3 is 5.32 Å². The highest BCUT2D eigenvalue weighted by Crippen LogP contribution is 2.42. The van der Waals surface area contributed by atoms with Crippen molar-refractivity contribution < 1.29 is 4.79 Å². The first-order chi connectivity index (χ1) is 13.3. The second kappa shape index (κ2) is 6.10. The van der Waals surface area contributed by atoms with Crippen LogP contribution >= 0.6 is 0 Å². The Hall–Kier alpha value is -3.39. The van der Waals surface area contributed by atoms with Gasteiger partial charge in [-0.1, -0.05) is 84.9 Å².